The van der Waals surface area contributed by atoms with Crippen molar-refractivity contribution in [3.05, 3.63) is 39.7 Å². The molecule has 0 saturated carbocycles. The van der Waals surface area contributed by atoms with E-state index in [1.807, 2.05) is 19.0 Å². The minimum absolute atomic E-state index is 0.104. The van der Waals surface area contributed by atoms with Crippen molar-refractivity contribution in [3.8, 4) is 11.8 Å². The van der Waals surface area contributed by atoms with Crippen molar-refractivity contribution in [2.75, 3.05) is 20.6 Å². The molecule has 0 aliphatic carbocycles. The first kappa shape index (κ1) is 12.1. The Morgan fingerprint density at radius 3 is 2.75 bits per heavy atom. The zero-order valence-electron chi connectivity index (χ0n) is 9.03. The van der Waals surface area contributed by atoms with Gasteiger partial charge in [0.25, 0.3) is 5.69 Å². The number of halogens is 1. The summed E-state index contributed by atoms with van der Waals surface area (Å²) in [4.78, 5) is 11.9. The average molecular weight is 222 g/mol. The third-order valence-corrected chi connectivity index (χ3v) is 1.77. The zero-order valence-corrected chi connectivity index (χ0v) is 9.03. The smallest absolute Gasteiger partial charge is 0.285 e. The van der Waals surface area contributed by atoms with Crippen molar-refractivity contribution in [3.63, 3.8) is 0 Å². The molecular formula is C11H11FN2O2. The molecule has 0 unspecified atom stereocenters. The van der Waals surface area contributed by atoms with E-state index >= 15 is 0 Å². The van der Waals surface area contributed by atoms with E-state index in [0.29, 0.717) is 6.54 Å². The fraction of sp³-hybridized carbons (Fsp3) is 0.273. The monoisotopic (exact) mass is 222 g/mol. The minimum atomic E-state index is -0.570. The summed E-state index contributed by atoms with van der Waals surface area (Å²) in [6.45, 7) is 0.466. The molecule has 1 aromatic carbocycles. The van der Waals surface area contributed by atoms with Crippen LogP contribution in [0.3, 0.4) is 0 Å². The fourth-order valence-corrected chi connectivity index (χ4v) is 1.06. The average Bonchev–Trinajstić information content (AvgIpc) is 2.16. The highest BCUT2D eigenvalue weighted by molar-refractivity contribution is 5.51. The van der Waals surface area contributed by atoms with Crippen LogP contribution in [0.15, 0.2) is 18.2 Å². The van der Waals surface area contributed by atoms with Gasteiger partial charge in [-0.05, 0) is 26.2 Å². The molecule has 0 heterocycles. The molecule has 16 heavy (non-hydrogen) atoms. The van der Waals surface area contributed by atoms with E-state index in [4.69, 9.17) is 0 Å². The van der Waals surface area contributed by atoms with E-state index in [9.17, 15) is 14.5 Å². The van der Waals surface area contributed by atoms with Crippen LogP contribution >= 0.6 is 0 Å². The first-order valence-electron chi connectivity index (χ1n) is 4.58. The van der Waals surface area contributed by atoms with Crippen LogP contribution in [0.5, 0.6) is 0 Å². The number of nitro benzene ring substituents is 1. The van der Waals surface area contributed by atoms with Crippen LogP contribution < -0.4 is 0 Å². The van der Waals surface area contributed by atoms with Gasteiger partial charge in [-0.3, -0.25) is 15.0 Å². The molecular weight excluding hydrogens is 211 g/mol. The predicted molar refractivity (Wildman–Crippen MR) is 58.5 cm³/mol. The Labute approximate surface area is 92.8 Å². The zero-order chi connectivity index (χ0) is 12.1. The minimum Gasteiger partial charge on any atom is -0.299 e. The fourth-order valence-electron chi connectivity index (χ4n) is 1.06. The molecule has 0 aliphatic rings. The molecule has 0 amide bonds. The highest BCUT2D eigenvalue weighted by Crippen LogP contribution is 2.18. The number of nitro groups is 1. The number of benzene rings is 1. The normalized spacial score (nSPS) is 9.75. The van der Waals surface area contributed by atoms with Crippen molar-refractivity contribution < 1.29 is 9.31 Å². The van der Waals surface area contributed by atoms with E-state index in [2.05, 4.69) is 11.8 Å². The van der Waals surface area contributed by atoms with Gasteiger partial charge in [0.2, 0.25) is 0 Å². The lowest BCUT2D eigenvalue weighted by atomic mass is 10.2. The Morgan fingerprint density at radius 2 is 2.19 bits per heavy atom. The van der Waals surface area contributed by atoms with Gasteiger partial charge >= 0.3 is 0 Å². The third-order valence-electron chi connectivity index (χ3n) is 1.77. The van der Waals surface area contributed by atoms with Gasteiger partial charge in [0, 0.05) is 6.07 Å². The van der Waals surface area contributed by atoms with Gasteiger partial charge in [0.15, 0.2) is 0 Å². The number of nitrogens with zero attached hydrogens (tertiary/aromatic N) is 2. The molecule has 4 nitrogen and oxygen atoms in total. The van der Waals surface area contributed by atoms with Crippen molar-refractivity contribution in [2.24, 2.45) is 0 Å². The summed E-state index contributed by atoms with van der Waals surface area (Å²) in [5.74, 6) is 4.79. The maximum atomic E-state index is 12.9. The van der Waals surface area contributed by atoms with Crippen LogP contribution in [0.25, 0.3) is 0 Å². The molecule has 0 aromatic heterocycles. The van der Waals surface area contributed by atoms with Gasteiger partial charge in [-0.2, -0.15) is 0 Å². The maximum Gasteiger partial charge on any atom is 0.285 e. The molecule has 84 valence electrons. The van der Waals surface area contributed by atoms with E-state index < -0.39 is 10.7 Å². The number of hydrogen-bond donors (Lipinski definition) is 0. The van der Waals surface area contributed by atoms with E-state index in [-0.39, 0.29) is 11.3 Å². The van der Waals surface area contributed by atoms with Crippen LogP contribution in [0.4, 0.5) is 10.1 Å². The van der Waals surface area contributed by atoms with Crippen LogP contribution in [-0.2, 0) is 0 Å². The second kappa shape index (κ2) is 5.24. The van der Waals surface area contributed by atoms with Crippen LogP contribution in [0, 0.1) is 27.8 Å². The molecule has 0 N–H and O–H groups in total. The Morgan fingerprint density at radius 1 is 1.50 bits per heavy atom. The molecule has 1 aromatic rings. The van der Waals surface area contributed by atoms with Crippen LogP contribution in [-0.4, -0.2) is 30.5 Å². The number of rotatable bonds is 2. The molecule has 0 radical (unpaired) electrons. The lowest BCUT2D eigenvalue weighted by molar-refractivity contribution is -0.385. The summed E-state index contributed by atoms with van der Waals surface area (Å²) >= 11 is 0. The number of hydrogen-bond acceptors (Lipinski definition) is 3. The third kappa shape index (κ3) is 3.33. The van der Waals surface area contributed by atoms with E-state index in [1.54, 1.807) is 0 Å². The quantitative estimate of drug-likeness (QED) is 0.434. The topological polar surface area (TPSA) is 46.4 Å². The van der Waals surface area contributed by atoms with Crippen LogP contribution in [0.1, 0.15) is 5.56 Å². The van der Waals surface area contributed by atoms with Crippen molar-refractivity contribution in [1.29, 1.82) is 0 Å². The van der Waals surface area contributed by atoms with Crippen molar-refractivity contribution in [1.82, 2.24) is 4.90 Å². The molecule has 0 fully saturated rings. The highest BCUT2D eigenvalue weighted by atomic mass is 19.1. The van der Waals surface area contributed by atoms with Gasteiger partial charge in [-0.25, -0.2) is 4.39 Å². The Bertz CT molecular complexity index is 461. The lowest BCUT2D eigenvalue weighted by Crippen LogP contribution is -2.10. The first-order chi connectivity index (χ1) is 7.50. The Hall–Kier alpha value is -1.93. The van der Waals surface area contributed by atoms with Gasteiger partial charge < -0.3 is 0 Å². The molecule has 0 saturated heterocycles. The summed E-state index contributed by atoms with van der Waals surface area (Å²) in [6, 6.07) is 3.24. The second-order valence-electron chi connectivity index (χ2n) is 3.46. The van der Waals surface area contributed by atoms with Gasteiger partial charge in [-0.1, -0.05) is 11.8 Å². The van der Waals surface area contributed by atoms with Crippen molar-refractivity contribution in [2.45, 2.75) is 0 Å². The predicted octanol–water partition coefficient (Wildman–Crippen LogP) is 1.65. The molecule has 0 spiro atoms. The summed E-state index contributed by atoms with van der Waals surface area (Å²) in [7, 11) is 3.66. The SMILES string of the molecule is CN(C)CC#Cc1cc(F)ccc1[N+](=O)[O-]. The summed E-state index contributed by atoms with van der Waals surface area (Å²) < 4.78 is 12.9. The molecule has 5 heteroatoms. The van der Waals surface area contributed by atoms with E-state index in [0.717, 1.165) is 18.2 Å². The highest BCUT2D eigenvalue weighted by Gasteiger charge is 2.12. The van der Waals surface area contributed by atoms with Gasteiger partial charge in [-0.15, -0.1) is 0 Å². The summed E-state index contributed by atoms with van der Waals surface area (Å²) in [5.41, 5.74) is -0.0699. The molecule has 0 bridgehead atoms. The Kier molecular flexibility index (Phi) is 3.97. The molecule has 1 rings (SSSR count). The van der Waals surface area contributed by atoms with Gasteiger partial charge in [0.05, 0.1) is 11.5 Å². The standard InChI is InChI=1S/C11H11FN2O2/c1-13(2)7-3-4-9-8-10(12)5-6-11(9)14(15)16/h5-6,8H,7H2,1-2H3. The Balaban J connectivity index is 3.04. The van der Waals surface area contributed by atoms with E-state index in [1.165, 1.54) is 0 Å². The largest absolute Gasteiger partial charge is 0.299 e. The second-order valence-corrected chi connectivity index (χ2v) is 3.46. The lowest BCUT2D eigenvalue weighted by Gasteiger charge is -2.01. The summed E-state index contributed by atoms with van der Waals surface area (Å²) in [5, 5.41) is 10.6. The molecule has 0 aliphatic heterocycles. The molecule has 0 atom stereocenters. The van der Waals surface area contributed by atoms with Crippen molar-refractivity contribution >= 4 is 5.69 Å². The summed E-state index contributed by atoms with van der Waals surface area (Å²) in [6.07, 6.45) is 0. The van der Waals surface area contributed by atoms with Crippen LogP contribution in [0.2, 0.25) is 0 Å². The maximum absolute atomic E-state index is 12.9. The first-order valence-corrected chi connectivity index (χ1v) is 4.58. The van der Waals surface area contributed by atoms with Gasteiger partial charge in [0.1, 0.15) is 11.4 Å².